The summed E-state index contributed by atoms with van der Waals surface area (Å²) in [5, 5.41) is 3.24. The molecule has 28 heavy (non-hydrogen) atoms. The van der Waals surface area contributed by atoms with E-state index in [0.717, 1.165) is 0 Å². The van der Waals surface area contributed by atoms with Crippen molar-refractivity contribution in [3.05, 3.63) is 53.1 Å². The molecule has 0 aromatic heterocycles. The number of hydrogen-bond donors (Lipinski definition) is 1. The van der Waals surface area contributed by atoms with Crippen LogP contribution in [-0.4, -0.2) is 30.2 Å². The van der Waals surface area contributed by atoms with E-state index < -0.39 is 0 Å². The van der Waals surface area contributed by atoms with Gasteiger partial charge in [0.1, 0.15) is 5.75 Å². The van der Waals surface area contributed by atoms with Crippen molar-refractivity contribution in [2.45, 2.75) is 32.7 Å². The van der Waals surface area contributed by atoms with Gasteiger partial charge in [-0.2, -0.15) is 0 Å². The topological polar surface area (TPSA) is 75.7 Å². The van der Waals surface area contributed by atoms with Gasteiger partial charge in [0.2, 0.25) is 5.91 Å². The van der Waals surface area contributed by atoms with Gasteiger partial charge in [-0.1, -0.05) is 30.7 Å². The number of nitrogens with one attached hydrogen (secondary N) is 1. The maximum Gasteiger partial charge on any atom is 0.265 e. The molecule has 1 atom stereocenters. The highest BCUT2D eigenvalue weighted by molar-refractivity contribution is 6.31. The fourth-order valence-electron chi connectivity index (χ4n) is 3.21. The SMILES string of the molecule is CCC(=O)c1cc(Cl)ccc1OCC(=O)N1c2ccccc2NC(=O)CC1C. The van der Waals surface area contributed by atoms with Crippen LogP contribution in [0.4, 0.5) is 11.4 Å². The van der Waals surface area contributed by atoms with E-state index in [-0.39, 0.29) is 36.7 Å². The van der Waals surface area contributed by atoms with Crippen molar-refractivity contribution in [1.29, 1.82) is 0 Å². The zero-order valence-electron chi connectivity index (χ0n) is 15.7. The summed E-state index contributed by atoms with van der Waals surface area (Å²) in [5.74, 6) is -0.256. The van der Waals surface area contributed by atoms with E-state index in [1.807, 2.05) is 6.92 Å². The van der Waals surface area contributed by atoms with Gasteiger partial charge in [0.05, 0.1) is 16.9 Å². The van der Waals surface area contributed by atoms with Crippen LogP contribution in [-0.2, 0) is 9.59 Å². The summed E-state index contributed by atoms with van der Waals surface area (Å²) in [7, 11) is 0. The molecular weight excluding hydrogens is 380 g/mol. The summed E-state index contributed by atoms with van der Waals surface area (Å²) in [4.78, 5) is 38.7. The number of para-hydroxylation sites is 2. The maximum absolute atomic E-state index is 13.0. The fraction of sp³-hybridized carbons (Fsp3) is 0.286. The molecule has 146 valence electrons. The molecular formula is C21H21ClN2O4. The molecule has 0 fully saturated rings. The fourth-order valence-corrected chi connectivity index (χ4v) is 3.39. The van der Waals surface area contributed by atoms with Crippen LogP contribution >= 0.6 is 11.6 Å². The van der Waals surface area contributed by atoms with Gasteiger partial charge in [-0.15, -0.1) is 0 Å². The van der Waals surface area contributed by atoms with E-state index >= 15 is 0 Å². The minimum atomic E-state index is -0.332. The molecule has 2 amide bonds. The molecule has 6 nitrogen and oxygen atoms in total. The first-order valence-corrected chi connectivity index (χ1v) is 9.45. The summed E-state index contributed by atoms with van der Waals surface area (Å²) >= 11 is 5.99. The third kappa shape index (κ3) is 4.17. The Kier molecular flexibility index (Phi) is 5.99. The summed E-state index contributed by atoms with van der Waals surface area (Å²) < 4.78 is 5.69. The summed E-state index contributed by atoms with van der Waals surface area (Å²) in [5.41, 5.74) is 1.55. The first-order chi connectivity index (χ1) is 13.4. The van der Waals surface area contributed by atoms with E-state index in [1.165, 1.54) is 0 Å². The Hall–Kier alpha value is -2.86. The summed E-state index contributed by atoms with van der Waals surface area (Å²) in [6, 6.07) is 11.5. The molecule has 0 bridgehead atoms. The van der Waals surface area contributed by atoms with Crippen molar-refractivity contribution in [3.63, 3.8) is 0 Å². The van der Waals surface area contributed by atoms with Gasteiger partial charge >= 0.3 is 0 Å². The van der Waals surface area contributed by atoms with Gasteiger partial charge in [-0.05, 0) is 37.3 Å². The lowest BCUT2D eigenvalue weighted by molar-refractivity contribution is -0.121. The number of ketones is 1. The number of anilines is 2. The smallest absolute Gasteiger partial charge is 0.265 e. The standard InChI is InChI=1S/C21H21ClN2O4/c1-3-18(25)15-11-14(22)8-9-19(15)28-12-21(27)24-13(2)10-20(26)23-16-6-4-5-7-17(16)24/h4-9,11,13H,3,10,12H2,1-2H3,(H,23,26). The van der Waals surface area contributed by atoms with Crippen molar-refractivity contribution in [2.24, 2.45) is 0 Å². The maximum atomic E-state index is 13.0. The second-order valence-corrected chi connectivity index (χ2v) is 7.02. The first kappa shape index (κ1) is 19.9. The lowest BCUT2D eigenvalue weighted by Crippen LogP contribution is -2.41. The van der Waals surface area contributed by atoms with Crippen LogP contribution in [0.25, 0.3) is 0 Å². The highest BCUT2D eigenvalue weighted by Gasteiger charge is 2.30. The lowest BCUT2D eigenvalue weighted by Gasteiger charge is -2.28. The minimum Gasteiger partial charge on any atom is -0.483 e. The summed E-state index contributed by atoms with van der Waals surface area (Å²) in [6.07, 6.45) is 0.482. The molecule has 0 saturated carbocycles. The van der Waals surface area contributed by atoms with Crippen molar-refractivity contribution >= 4 is 40.6 Å². The van der Waals surface area contributed by atoms with Crippen LogP contribution in [0, 0.1) is 0 Å². The molecule has 1 unspecified atom stereocenters. The molecule has 1 N–H and O–H groups in total. The molecule has 1 aliphatic heterocycles. The molecule has 0 spiro atoms. The van der Waals surface area contributed by atoms with Crippen LogP contribution in [0.2, 0.25) is 5.02 Å². The average Bonchev–Trinajstić information content (AvgIpc) is 2.80. The predicted molar refractivity (Wildman–Crippen MR) is 108 cm³/mol. The van der Waals surface area contributed by atoms with Gasteiger partial charge in [-0.3, -0.25) is 14.4 Å². The quantitative estimate of drug-likeness (QED) is 0.767. The number of rotatable bonds is 5. The Morgan fingerprint density at radius 1 is 1.25 bits per heavy atom. The highest BCUT2D eigenvalue weighted by Crippen LogP contribution is 2.31. The van der Waals surface area contributed by atoms with Crippen LogP contribution in [0.5, 0.6) is 5.75 Å². The third-order valence-electron chi connectivity index (χ3n) is 4.54. The van der Waals surface area contributed by atoms with Gasteiger partial charge in [-0.25, -0.2) is 0 Å². The van der Waals surface area contributed by atoms with E-state index in [4.69, 9.17) is 16.3 Å². The molecule has 0 saturated heterocycles. The molecule has 1 aliphatic rings. The molecule has 1 heterocycles. The van der Waals surface area contributed by atoms with Gasteiger partial charge in [0.25, 0.3) is 5.91 Å². The Bertz CT molecular complexity index is 928. The molecule has 3 rings (SSSR count). The number of halogens is 1. The number of fused-ring (bicyclic) bond motifs is 1. The molecule has 2 aromatic carbocycles. The van der Waals surface area contributed by atoms with Crippen molar-refractivity contribution in [3.8, 4) is 5.75 Å². The number of carbonyl (C=O) groups excluding carboxylic acids is 3. The van der Waals surface area contributed by atoms with Crippen molar-refractivity contribution in [2.75, 3.05) is 16.8 Å². The second kappa shape index (κ2) is 8.44. The zero-order chi connectivity index (χ0) is 20.3. The molecule has 0 aliphatic carbocycles. The Morgan fingerprint density at radius 3 is 2.75 bits per heavy atom. The number of hydrogen-bond acceptors (Lipinski definition) is 4. The van der Waals surface area contributed by atoms with E-state index in [1.54, 1.807) is 54.3 Å². The number of nitrogens with zero attached hydrogens (tertiary/aromatic N) is 1. The number of ether oxygens (including phenoxy) is 1. The normalized spacial score (nSPS) is 16.0. The van der Waals surface area contributed by atoms with Gasteiger partial charge in [0.15, 0.2) is 12.4 Å². The van der Waals surface area contributed by atoms with Crippen LogP contribution < -0.4 is 15.0 Å². The predicted octanol–water partition coefficient (Wildman–Crippen LogP) is 4.08. The lowest BCUT2D eigenvalue weighted by atomic mass is 10.1. The van der Waals surface area contributed by atoms with Crippen molar-refractivity contribution in [1.82, 2.24) is 0 Å². The highest BCUT2D eigenvalue weighted by atomic mass is 35.5. The zero-order valence-corrected chi connectivity index (χ0v) is 16.5. The minimum absolute atomic E-state index is 0.117. The number of amides is 2. The average molecular weight is 401 g/mol. The number of Topliss-reactive ketones (excluding diaryl/α,β-unsaturated/α-hetero) is 1. The van der Waals surface area contributed by atoms with Crippen LogP contribution in [0.3, 0.4) is 0 Å². The monoisotopic (exact) mass is 400 g/mol. The van der Waals surface area contributed by atoms with E-state index in [9.17, 15) is 14.4 Å². The second-order valence-electron chi connectivity index (χ2n) is 6.59. The third-order valence-corrected chi connectivity index (χ3v) is 4.78. The Balaban J connectivity index is 1.84. The molecule has 2 aromatic rings. The van der Waals surface area contributed by atoms with Crippen molar-refractivity contribution < 1.29 is 19.1 Å². The van der Waals surface area contributed by atoms with E-state index in [2.05, 4.69) is 5.32 Å². The van der Waals surface area contributed by atoms with E-state index in [0.29, 0.717) is 34.1 Å². The summed E-state index contributed by atoms with van der Waals surface area (Å²) in [6.45, 7) is 3.30. The number of carbonyl (C=O) groups is 3. The Morgan fingerprint density at radius 2 is 2.00 bits per heavy atom. The van der Waals surface area contributed by atoms with Crippen LogP contribution in [0.15, 0.2) is 42.5 Å². The van der Waals surface area contributed by atoms with Crippen LogP contribution in [0.1, 0.15) is 37.0 Å². The first-order valence-electron chi connectivity index (χ1n) is 9.07. The number of benzene rings is 2. The largest absolute Gasteiger partial charge is 0.483 e. The molecule has 7 heteroatoms. The van der Waals surface area contributed by atoms with Gasteiger partial charge < -0.3 is 15.0 Å². The molecule has 0 radical (unpaired) electrons. The Labute approximate surface area is 168 Å². The van der Waals surface area contributed by atoms with Gasteiger partial charge in [0, 0.05) is 23.9 Å².